The minimum Gasteiger partial charge on any atom is -0.393 e. The Morgan fingerprint density at radius 3 is 2.57 bits per heavy atom. The van der Waals surface area contributed by atoms with Crippen molar-refractivity contribution in [2.75, 3.05) is 5.32 Å². The summed E-state index contributed by atoms with van der Waals surface area (Å²) >= 11 is 0. The number of hydrogen-bond donors (Lipinski definition) is 4. The number of aromatic nitrogens is 4. The van der Waals surface area contributed by atoms with Crippen molar-refractivity contribution in [1.82, 2.24) is 20.6 Å². The molecule has 0 aliphatic heterocycles. The second kappa shape index (κ2) is 9.40. The number of nitrogens with zero attached hydrogens (tertiary/aromatic N) is 3. The largest absolute Gasteiger partial charge is 0.393 e. The van der Waals surface area contributed by atoms with Crippen LogP contribution in [0.3, 0.4) is 0 Å². The van der Waals surface area contributed by atoms with Crippen LogP contribution in [-0.4, -0.2) is 49.0 Å². The van der Waals surface area contributed by atoms with E-state index in [1.54, 1.807) is 0 Å². The Morgan fingerprint density at radius 2 is 1.86 bits per heavy atom. The first-order valence-corrected chi connectivity index (χ1v) is 14.1. The van der Waals surface area contributed by atoms with E-state index in [-0.39, 0.29) is 28.9 Å². The number of tetrazole rings is 1. The second-order valence-corrected chi connectivity index (χ2v) is 12.9. The maximum atomic E-state index is 12.4. The van der Waals surface area contributed by atoms with Crippen LogP contribution in [0.25, 0.3) is 0 Å². The predicted molar refractivity (Wildman–Crippen MR) is 133 cm³/mol. The van der Waals surface area contributed by atoms with Crippen LogP contribution in [0, 0.1) is 52.3 Å². The number of hydrogen-bond acceptors (Lipinski definition) is 6. The first-order valence-electron chi connectivity index (χ1n) is 14.1. The number of aliphatic hydroxyl groups is 2. The average Bonchev–Trinajstić information content (AvgIpc) is 3.46. The molecule has 4 N–H and O–H groups in total. The van der Waals surface area contributed by atoms with E-state index in [4.69, 9.17) is 0 Å². The zero-order valence-electron chi connectivity index (χ0n) is 21.9. The van der Waals surface area contributed by atoms with Crippen molar-refractivity contribution in [3.05, 3.63) is 0 Å². The molecule has 4 fully saturated rings. The summed E-state index contributed by atoms with van der Waals surface area (Å²) < 4.78 is 0. The third-order valence-electron chi connectivity index (χ3n) is 11.6. The molecule has 1 aromatic heterocycles. The van der Waals surface area contributed by atoms with Crippen molar-refractivity contribution >= 4 is 11.9 Å². The van der Waals surface area contributed by atoms with Gasteiger partial charge in [-0.25, -0.2) is 5.10 Å². The van der Waals surface area contributed by atoms with E-state index in [1.165, 1.54) is 25.7 Å². The SMILES string of the molecule is CC[C@H]1[C@@H](O)[C@@H]2[C@@H]3CC[C@H]([C@H](C)CCC(=O)Nc4nnn[nH]4)C3(C)CC[C@@H]2C2(C)CC[C@@H](O)C[C@@H]12. The Kier molecular flexibility index (Phi) is 6.75. The van der Waals surface area contributed by atoms with Gasteiger partial charge in [0.25, 0.3) is 0 Å². The lowest BCUT2D eigenvalue weighted by molar-refractivity contribution is -0.203. The Morgan fingerprint density at radius 1 is 1.11 bits per heavy atom. The summed E-state index contributed by atoms with van der Waals surface area (Å²) in [7, 11) is 0. The number of carbonyl (C=O) groups excluding carboxylic acids is 1. The Bertz CT molecular complexity index is 895. The minimum absolute atomic E-state index is 0.0502. The number of H-pyrrole nitrogens is 1. The highest BCUT2D eigenvalue weighted by Gasteiger charge is 2.64. The molecule has 0 radical (unpaired) electrons. The Balaban J connectivity index is 1.31. The number of nitrogens with one attached hydrogen (secondary N) is 2. The summed E-state index contributed by atoms with van der Waals surface area (Å²) in [5.74, 6) is 3.50. The molecule has 0 bridgehead atoms. The first kappa shape index (κ1) is 25.1. The second-order valence-electron chi connectivity index (χ2n) is 12.9. The molecule has 8 nitrogen and oxygen atoms in total. The molecule has 1 heterocycles. The van der Waals surface area contributed by atoms with Crippen molar-refractivity contribution in [2.45, 2.75) is 104 Å². The quantitative estimate of drug-likeness (QED) is 0.477. The van der Waals surface area contributed by atoms with Crippen molar-refractivity contribution in [2.24, 2.45) is 52.3 Å². The molecule has 1 aromatic rings. The van der Waals surface area contributed by atoms with Gasteiger partial charge in [0.2, 0.25) is 11.9 Å². The molecule has 2 unspecified atom stereocenters. The summed E-state index contributed by atoms with van der Waals surface area (Å²) in [6, 6.07) is 0. The fraction of sp³-hybridized carbons (Fsp3) is 0.926. The number of fused-ring (bicyclic) bond motifs is 5. The molecule has 0 spiro atoms. The number of anilines is 1. The standard InChI is InChI=1S/C27H45N5O3/c1-5-17-21-14-16(33)10-12-27(21,4)20-11-13-26(3)18(7-8-19(26)23(20)24(17)35)15(2)6-9-22(34)28-25-29-31-32-30-25/h15-21,23-24,33,35H,5-14H2,1-4H3,(H2,28,29,30,31,32,34)/t15-,16-,17-,18-,19+,20+,21+,23-,24-,26?,27?/m1/s1. The van der Waals surface area contributed by atoms with Gasteiger partial charge in [0, 0.05) is 6.42 Å². The summed E-state index contributed by atoms with van der Waals surface area (Å²) in [6.07, 6.45) is 9.54. The van der Waals surface area contributed by atoms with Crippen molar-refractivity contribution in [1.29, 1.82) is 0 Å². The molecule has 11 atom stereocenters. The molecule has 196 valence electrons. The third kappa shape index (κ3) is 4.12. The van der Waals surface area contributed by atoms with Crippen LogP contribution >= 0.6 is 0 Å². The van der Waals surface area contributed by atoms with Gasteiger partial charge < -0.3 is 10.2 Å². The van der Waals surface area contributed by atoms with Crippen LogP contribution in [0.15, 0.2) is 0 Å². The Labute approximate surface area is 209 Å². The van der Waals surface area contributed by atoms with Gasteiger partial charge in [0.1, 0.15) is 0 Å². The fourth-order valence-corrected chi connectivity index (χ4v) is 9.90. The van der Waals surface area contributed by atoms with Gasteiger partial charge >= 0.3 is 0 Å². The first-order chi connectivity index (χ1) is 16.7. The molecule has 4 aliphatic rings. The zero-order chi connectivity index (χ0) is 25.0. The highest BCUT2D eigenvalue weighted by molar-refractivity contribution is 5.88. The minimum atomic E-state index is -0.256. The van der Waals surface area contributed by atoms with Crippen molar-refractivity contribution in [3.63, 3.8) is 0 Å². The van der Waals surface area contributed by atoms with Gasteiger partial charge in [-0.15, -0.1) is 0 Å². The Hall–Kier alpha value is -1.54. The lowest BCUT2D eigenvalue weighted by Gasteiger charge is -2.64. The van der Waals surface area contributed by atoms with E-state index < -0.39 is 0 Å². The topological polar surface area (TPSA) is 124 Å². The highest BCUT2D eigenvalue weighted by Crippen LogP contribution is 2.69. The summed E-state index contributed by atoms with van der Waals surface area (Å²) in [4.78, 5) is 12.4. The van der Waals surface area contributed by atoms with E-state index in [0.717, 1.165) is 32.1 Å². The van der Waals surface area contributed by atoms with Crippen LogP contribution in [0.1, 0.15) is 91.9 Å². The molecule has 35 heavy (non-hydrogen) atoms. The third-order valence-corrected chi connectivity index (χ3v) is 11.6. The smallest absolute Gasteiger partial charge is 0.246 e. The molecule has 4 saturated carbocycles. The van der Waals surface area contributed by atoms with Gasteiger partial charge in [0.05, 0.1) is 12.2 Å². The van der Waals surface area contributed by atoms with Crippen LogP contribution in [-0.2, 0) is 4.79 Å². The number of carbonyl (C=O) groups is 1. The fourth-order valence-electron chi connectivity index (χ4n) is 9.90. The lowest BCUT2D eigenvalue weighted by Crippen LogP contribution is -2.62. The van der Waals surface area contributed by atoms with Gasteiger partial charge in [-0.05, 0) is 114 Å². The number of aliphatic hydroxyl groups excluding tert-OH is 2. The van der Waals surface area contributed by atoms with Crippen LogP contribution < -0.4 is 5.32 Å². The monoisotopic (exact) mass is 487 g/mol. The number of rotatable bonds is 6. The molecular weight excluding hydrogens is 442 g/mol. The molecule has 8 heteroatoms. The molecule has 0 saturated heterocycles. The van der Waals surface area contributed by atoms with Crippen molar-refractivity contribution < 1.29 is 15.0 Å². The predicted octanol–water partition coefficient (Wildman–Crippen LogP) is 4.18. The van der Waals surface area contributed by atoms with E-state index >= 15 is 0 Å². The van der Waals surface area contributed by atoms with E-state index in [2.05, 4.69) is 53.6 Å². The van der Waals surface area contributed by atoms with E-state index in [9.17, 15) is 15.0 Å². The lowest BCUT2D eigenvalue weighted by atomic mass is 9.41. The van der Waals surface area contributed by atoms with E-state index in [0.29, 0.717) is 53.8 Å². The van der Waals surface area contributed by atoms with Gasteiger partial charge in [-0.1, -0.05) is 39.2 Å². The molecule has 0 aromatic carbocycles. The maximum absolute atomic E-state index is 12.4. The normalized spacial score (nSPS) is 45.8. The maximum Gasteiger partial charge on any atom is 0.246 e. The highest BCUT2D eigenvalue weighted by atomic mass is 16.3. The zero-order valence-corrected chi connectivity index (χ0v) is 21.9. The number of aromatic amines is 1. The van der Waals surface area contributed by atoms with Gasteiger partial charge in [-0.3, -0.25) is 10.1 Å². The molecule has 5 rings (SSSR count). The summed E-state index contributed by atoms with van der Waals surface area (Å²) in [5.41, 5.74) is 0.463. The van der Waals surface area contributed by atoms with Crippen LogP contribution in [0.2, 0.25) is 0 Å². The van der Waals surface area contributed by atoms with Crippen LogP contribution in [0.4, 0.5) is 5.95 Å². The molecular formula is C27H45N5O3. The van der Waals surface area contributed by atoms with Crippen molar-refractivity contribution in [3.8, 4) is 0 Å². The summed E-state index contributed by atoms with van der Waals surface area (Å²) in [6.45, 7) is 9.54. The molecule has 1 amide bonds. The van der Waals surface area contributed by atoms with Gasteiger partial charge in [0.15, 0.2) is 0 Å². The van der Waals surface area contributed by atoms with Gasteiger partial charge in [-0.2, -0.15) is 0 Å². The summed E-state index contributed by atoms with van der Waals surface area (Å²) in [5, 5.41) is 38.4. The molecule has 4 aliphatic carbocycles. The average molecular weight is 488 g/mol. The number of amides is 1. The van der Waals surface area contributed by atoms with E-state index in [1.807, 2.05) is 0 Å². The van der Waals surface area contributed by atoms with Crippen LogP contribution in [0.5, 0.6) is 0 Å².